The third-order valence-electron chi connectivity index (χ3n) is 4.92. The first-order valence-electron chi connectivity index (χ1n) is 9.39. The molecule has 4 N–H and O–H groups in total. The third-order valence-corrected chi connectivity index (χ3v) is 5.30. The van der Waals surface area contributed by atoms with Gasteiger partial charge in [0, 0.05) is 37.2 Å². The lowest BCUT2D eigenvalue weighted by atomic mass is 10.1. The number of nitrogens with two attached hydrogens (primary N) is 1. The monoisotopic (exact) mass is 437 g/mol. The van der Waals surface area contributed by atoms with Crippen LogP contribution in [0.3, 0.4) is 0 Å². The molecule has 160 valence electrons. The number of anilines is 2. The van der Waals surface area contributed by atoms with Crippen molar-refractivity contribution in [1.29, 1.82) is 0 Å². The Morgan fingerprint density at radius 1 is 1.33 bits per heavy atom. The van der Waals surface area contributed by atoms with Crippen molar-refractivity contribution >= 4 is 34.8 Å². The lowest BCUT2D eigenvalue weighted by Gasteiger charge is -2.24. The van der Waals surface area contributed by atoms with Crippen LogP contribution in [-0.2, 0) is 0 Å². The van der Waals surface area contributed by atoms with Crippen LogP contribution in [0.2, 0.25) is 5.02 Å². The summed E-state index contributed by atoms with van der Waals surface area (Å²) in [4.78, 5) is 19.1. The number of aryl methyl sites for hydroxylation is 1. The van der Waals surface area contributed by atoms with Gasteiger partial charge in [-0.1, -0.05) is 28.9 Å². The number of alkyl halides is 2. The van der Waals surface area contributed by atoms with Crippen molar-refractivity contribution in [1.82, 2.24) is 4.98 Å². The Bertz CT molecular complexity index is 984. The Labute approximate surface area is 177 Å². The van der Waals surface area contributed by atoms with Gasteiger partial charge in [0.15, 0.2) is 5.84 Å². The van der Waals surface area contributed by atoms with Gasteiger partial charge in [-0.25, -0.2) is 13.8 Å². The van der Waals surface area contributed by atoms with Crippen LogP contribution >= 0.6 is 11.6 Å². The summed E-state index contributed by atoms with van der Waals surface area (Å²) in [6.45, 7) is 2.14. The molecule has 1 saturated heterocycles. The molecule has 0 radical (unpaired) electrons. The van der Waals surface area contributed by atoms with Crippen molar-refractivity contribution in [2.24, 2.45) is 10.9 Å². The Hall–Kier alpha value is -2.94. The maximum Gasteiger partial charge on any atom is 0.259 e. The van der Waals surface area contributed by atoms with Crippen LogP contribution in [0.4, 0.5) is 20.3 Å². The van der Waals surface area contributed by atoms with E-state index in [1.54, 1.807) is 36.1 Å². The lowest BCUT2D eigenvalue weighted by molar-refractivity contribution is -0.0102. The topological polar surface area (TPSA) is 104 Å². The Morgan fingerprint density at radius 2 is 2.10 bits per heavy atom. The molecule has 0 aliphatic carbocycles. The van der Waals surface area contributed by atoms with Crippen molar-refractivity contribution < 1.29 is 18.8 Å². The molecule has 1 aliphatic rings. The molecule has 1 fully saturated rings. The van der Waals surface area contributed by atoms with Crippen molar-refractivity contribution in [2.45, 2.75) is 32.1 Å². The van der Waals surface area contributed by atoms with E-state index in [4.69, 9.17) is 22.5 Å². The number of amides is 1. The van der Waals surface area contributed by atoms with Gasteiger partial charge >= 0.3 is 0 Å². The van der Waals surface area contributed by atoms with Gasteiger partial charge in [0.1, 0.15) is 5.82 Å². The van der Waals surface area contributed by atoms with E-state index >= 15 is 0 Å². The highest BCUT2D eigenvalue weighted by Gasteiger charge is 2.33. The number of amidine groups is 1. The van der Waals surface area contributed by atoms with E-state index in [0.717, 1.165) is 0 Å². The van der Waals surface area contributed by atoms with Crippen LogP contribution in [0.15, 0.2) is 35.5 Å². The number of nitrogens with zero attached hydrogens (tertiary/aromatic N) is 3. The molecule has 1 amide bonds. The Kier molecular flexibility index (Phi) is 6.40. The van der Waals surface area contributed by atoms with E-state index in [9.17, 15) is 13.6 Å². The number of benzene rings is 1. The van der Waals surface area contributed by atoms with Gasteiger partial charge in [0.2, 0.25) is 5.92 Å². The SMILES string of the molecule is Cc1nc(N2CCCC(F)(F)CC2)c(C(=O)Nc2cccc(C(N)=NO)c2)cc1Cl. The van der Waals surface area contributed by atoms with E-state index in [1.165, 1.54) is 6.07 Å². The Morgan fingerprint density at radius 3 is 2.83 bits per heavy atom. The highest BCUT2D eigenvalue weighted by Crippen LogP contribution is 2.32. The minimum atomic E-state index is -2.73. The predicted molar refractivity (Wildman–Crippen MR) is 112 cm³/mol. The molecule has 0 atom stereocenters. The molecule has 3 rings (SSSR count). The van der Waals surface area contributed by atoms with E-state index in [1.807, 2.05) is 0 Å². The molecule has 2 aromatic rings. The summed E-state index contributed by atoms with van der Waals surface area (Å²) in [5.74, 6) is -3.00. The number of rotatable bonds is 4. The van der Waals surface area contributed by atoms with Crippen LogP contribution in [0, 0.1) is 6.92 Å². The zero-order valence-corrected chi connectivity index (χ0v) is 17.1. The molecule has 1 aromatic heterocycles. The summed E-state index contributed by atoms with van der Waals surface area (Å²) in [7, 11) is 0. The number of oxime groups is 1. The molecule has 2 heterocycles. The minimum absolute atomic E-state index is 0.0837. The number of carbonyl (C=O) groups is 1. The summed E-state index contributed by atoms with van der Waals surface area (Å²) >= 11 is 6.19. The van der Waals surface area contributed by atoms with Crippen LogP contribution in [0.25, 0.3) is 0 Å². The van der Waals surface area contributed by atoms with Crippen molar-refractivity contribution in [3.05, 3.63) is 52.2 Å². The van der Waals surface area contributed by atoms with Crippen LogP contribution in [-0.4, -0.2) is 40.9 Å². The summed E-state index contributed by atoms with van der Waals surface area (Å²) in [5, 5.41) is 14.8. The largest absolute Gasteiger partial charge is 0.409 e. The van der Waals surface area contributed by atoms with Gasteiger partial charge in [-0.2, -0.15) is 0 Å². The first-order valence-corrected chi connectivity index (χ1v) is 9.77. The van der Waals surface area contributed by atoms with Gasteiger partial charge < -0.3 is 21.2 Å². The van der Waals surface area contributed by atoms with Gasteiger partial charge in [-0.15, -0.1) is 0 Å². The van der Waals surface area contributed by atoms with Crippen LogP contribution in [0.1, 0.15) is 40.9 Å². The molecule has 0 unspecified atom stereocenters. The van der Waals surface area contributed by atoms with E-state index in [-0.39, 0.29) is 30.8 Å². The zero-order valence-electron chi connectivity index (χ0n) is 16.3. The summed E-state index contributed by atoms with van der Waals surface area (Å²) < 4.78 is 27.6. The van der Waals surface area contributed by atoms with Crippen LogP contribution in [0.5, 0.6) is 0 Å². The lowest BCUT2D eigenvalue weighted by Crippen LogP contribution is -2.29. The number of hydrogen-bond donors (Lipinski definition) is 3. The molecule has 0 bridgehead atoms. The predicted octanol–water partition coefficient (Wildman–Crippen LogP) is 4.02. The van der Waals surface area contributed by atoms with E-state index in [0.29, 0.717) is 40.8 Å². The average molecular weight is 438 g/mol. The second-order valence-electron chi connectivity index (χ2n) is 7.14. The van der Waals surface area contributed by atoms with Gasteiger partial charge in [-0.3, -0.25) is 4.79 Å². The fraction of sp³-hybridized carbons (Fsp3) is 0.350. The fourth-order valence-corrected chi connectivity index (χ4v) is 3.42. The normalized spacial score (nSPS) is 16.8. The molecular weight excluding hydrogens is 416 g/mol. The maximum atomic E-state index is 13.8. The maximum absolute atomic E-state index is 13.8. The first kappa shape index (κ1) is 21.8. The summed E-state index contributed by atoms with van der Waals surface area (Å²) in [6, 6.07) is 7.94. The standard InChI is InChI=1S/C20H22ClF2N5O2/c1-12-16(21)11-15(18(25-12)28-8-3-6-20(22,23)7-9-28)19(29)26-14-5-2-4-13(10-14)17(24)27-30/h2,4-5,10-11,30H,3,6-9H2,1H3,(H2,24,27)(H,26,29). The number of hydrogen-bond acceptors (Lipinski definition) is 5. The fourth-order valence-electron chi connectivity index (χ4n) is 3.26. The molecule has 0 saturated carbocycles. The number of pyridine rings is 1. The highest BCUT2D eigenvalue weighted by molar-refractivity contribution is 6.31. The van der Waals surface area contributed by atoms with Crippen molar-refractivity contribution in [2.75, 3.05) is 23.3 Å². The second kappa shape index (κ2) is 8.83. The molecular formula is C20H22ClF2N5O2. The third kappa shape index (κ3) is 4.96. The molecule has 30 heavy (non-hydrogen) atoms. The van der Waals surface area contributed by atoms with Gasteiger partial charge in [-0.05, 0) is 31.5 Å². The number of carbonyl (C=O) groups excluding carboxylic acids is 1. The van der Waals surface area contributed by atoms with Crippen molar-refractivity contribution in [3.8, 4) is 0 Å². The van der Waals surface area contributed by atoms with E-state index < -0.39 is 11.8 Å². The highest BCUT2D eigenvalue weighted by atomic mass is 35.5. The quantitative estimate of drug-likeness (QED) is 0.290. The zero-order chi connectivity index (χ0) is 21.9. The minimum Gasteiger partial charge on any atom is -0.409 e. The molecule has 0 spiro atoms. The first-order chi connectivity index (χ1) is 14.2. The van der Waals surface area contributed by atoms with Gasteiger partial charge in [0.25, 0.3) is 5.91 Å². The summed E-state index contributed by atoms with van der Waals surface area (Å²) in [6.07, 6.45) is -0.212. The Balaban J connectivity index is 1.91. The summed E-state index contributed by atoms with van der Waals surface area (Å²) in [5.41, 5.74) is 7.12. The van der Waals surface area contributed by atoms with Crippen LogP contribution < -0.4 is 16.0 Å². The number of halogens is 3. The molecule has 7 nitrogen and oxygen atoms in total. The smallest absolute Gasteiger partial charge is 0.259 e. The van der Waals surface area contributed by atoms with Crippen molar-refractivity contribution in [3.63, 3.8) is 0 Å². The molecule has 1 aliphatic heterocycles. The van der Waals surface area contributed by atoms with Gasteiger partial charge in [0.05, 0.1) is 16.3 Å². The molecule has 1 aromatic carbocycles. The number of nitrogens with one attached hydrogen (secondary N) is 1. The molecule has 10 heteroatoms. The number of aromatic nitrogens is 1. The van der Waals surface area contributed by atoms with E-state index in [2.05, 4.69) is 15.5 Å². The second-order valence-corrected chi connectivity index (χ2v) is 7.55. The average Bonchev–Trinajstić information content (AvgIpc) is 2.89.